The molecule has 2 heterocycles. The number of ketones is 1. The molecule has 34 heavy (non-hydrogen) atoms. The molecular weight excluding hydrogens is 438 g/mol. The van der Waals surface area contributed by atoms with Crippen molar-refractivity contribution in [2.45, 2.75) is 32.6 Å². The first kappa shape index (κ1) is 23.6. The number of benzene rings is 2. The Morgan fingerprint density at radius 2 is 1.71 bits per heavy atom. The van der Waals surface area contributed by atoms with Crippen LogP contribution in [0.1, 0.15) is 52.5 Å². The predicted octanol–water partition coefficient (Wildman–Crippen LogP) is 3.45. The van der Waals surface area contributed by atoms with Crippen LogP contribution in [0.2, 0.25) is 0 Å². The van der Waals surface area contributed by atoms with Gasteiger partial charge in [-0.05, 0) is 68.1 Å². The first-order valence-electron chi connectivity index (χ1n) is 11.7. The van der Waals surface area contributed by atoms with E-state index in [0.29, 0.717) is 30.3 Å². The molecule has 0 radical (unpaired) electrons. The van der Waals surface area contributed by atoms with Crippen molar-refractivity contribution in [3.8, 4) is 17.2 Å². The van der Waals surface area contributed by atoms with E-state index in [2.05, 4.69) is 0 Å². The molecule has 0 N–H and O–H groups in total. The average Bonchev–Trinajstić information content (AvgIpc) is 3.35. The first-order chi connectivity index (χ1) is 16.5. The highest BCUT2D eigenvalue weighted by Crippen LogP contribution is 2.29. The number of nitrogens with zero attached hydrogens (tertiary/aromatic N) is 1. The van der Waals surface area contributed by atoms with Crippen molar-refractivity contribution in [1.29, 1.82) is 0 Å². The van der Waals surface area contributed by atoms with Crippen LogP contribution in [0.25, 0.3) is 0 Å². The number of carbonyl (C=O) groups is 3. The number of hydrogen-bond donors (Lipinski definition) is 0. The number of likely N-dealkylation sites (tertiary alicyclic amines) is 1. The monoisotopic (exact) mass is 467 g/mol. The molecular formula is C26H29NO7. The lowest BCUT2D eigenvalue weighted by Crippen LogP contribution is -2.38. The van der Waals surface area contributed by atoms with E-state index in [1.807, 2.05) is 6.92 Å². The van der Waals surface area contributed by atoms with E-state index in [0.717, 1.165) is 50.1 Å². The third-order valence-electron chi connectivity index (χ3n) is 5.88. The molecule has 1 saturated heterocycles. The second-order valence-corrected chi connectivity index (χ2v) is 8.24. The van der Waals surface area contributed by atoms with E-state index in [1.54, 1.807) is 29.2 Å². The van der Waals surface area contributed by atoms with Gasteiger partial charge in [-0.25, -0.2) is 4.79 Å². The Bertz CT molecular complexity index is 1060. The molecule has 8 heteroatoms. The highest BCUT2D eigenvalue weighted by molar-refractivity contribution is 5.99. The first-order valence-corrected chi connectivity index (χ1v) is 11.7. The molecule has 0 saturated carbocycles. The van der Waals surface area contributed by atoms with Crippen LogP contribution in [0.3, 0.4) is 0 Å². The van der Waals surface area contributed by atoms with Gasteiger partial charge in [0.2, 0.25) is 0 Å². The Hall–Kier alpha value is -3.55. The Morgan fingerprint density at radius 1 is 0.912 bits per heavy atom. The number of rotatable bonds is 9. The minimum atomic E-state index is -0.644. The van der Waals surface area contributed by atoms with Gasteiger partial charge in [0.1, 0.15) is 5.75 Å². The minimum Gasteiger partial charge on any atom is -0.493 e. The lowest BCUT2D eigenvalue weighted by Gasteiger charge is -2.26. The maximum absolute atomic E-state index is 12.6. The molecule has 0 atom stereocenters. The molecule has 2 aromatic rings. The van der Waals surface area contributed by atoms with Crippen LogP contribution < -0.4 is 14.2 Å². The summed E-state index contributed by atoms with van der Waals surface area (Å²) in [7, 11) is 0. The van der Waals surface area contributed by atoms with Crippen molar-refractivity contribution in [2.75, 3.05) is 39.5 Å². The van der Waals surface area contributed by atoms with Gasteiger partial charge < -0.3 is 23.8 Å². The lowest BCUT2D eigenvalue weighted by atomic mass is 10.1. The van der Waals surface area contributed by atoms with Crippen LogP contribution in [0.5, 0.6) is 17.2 Å². The molecule has 1 fully saturated rings. The van der Waals surface area contributed by atoms with Gasteiger partial charge >= 0.3 is 5.97 Å². The van der Waals surface area contributed by atoms with Gasteiger partial charge in [-0.3, -0.25) is 9.59 Å². The number of piperidine rings is 1. The van der Waals surface area contributed by atoms with E-state index in [-0.39, 0.29) is 30.5 Å². The van der Waals surface area contributed by atoms with Gasteiger partial charge in [-0.2, -0.15) is 0 Å². The summed E-state index contributed by atoms with van der Waals surface area (Å²) >= 11 is 0. The van der Waals surface area contributed by atoms with E-state index in [9.17, 15) is 14.4 Å². The topological polar surface area (TPSA) is 91.4 Å². The minimum absolute atomic E-state index is 0.0673. The van der Waals surface area contributed by atoms with E-state index < -0.39 is 5.97 Å². The molecule has 0 unspecified atom stereocenters. The van der Waals surface area contributed by atoms with Gasteiger partial charge in [-0.15, -0.1) is 0 Å². The molecule has 4 rings (SSSR count). The number of esters is 1. The Labute approximate surface area is 198 Å². The van der Waals surface area contributed by atoms with E-state index in [4.69, 9.17) is 18.9 Å². The molecule has 0 aromatic heterocycles. The number of carbonyl (C=O) groups excluding carboxylic acids is 3. The van der Waals surface area contributed by atoms with Gasteiger partial charge in [0.15, 0.2) is 30.5 Å². The van der Waals surface area contributed by atoms with Crippen molar-refractivity contribution >= 4 is 17.7 Å². The van der Waals surface area contributed by atoms with Gasteiger partial charge in [0.05, 0.1) is 18.8 Å². The maximum Gasteiger partial charge on any atom is 0.338 e. The number of Topliss-reactive ketones (excluding diaryl/α,β-unsaturated/α-hetero) is 1. The summed E-state index contributed by atoms with van der Waals surface area (Å²) in [5.41, 5.74) is 1.69. The fourth-order valence-electron chi connectivity index (χ4n) is 4.05. The summed E-state index contributed by atoms with van der Waals surface area (Å²) < 4.78 is 22.0. The van der Waals surface area contributed by atoms with Crippen LogP contribution in [-0.2, 0) is 16.0 Å². The van der Waals surface area contributed by atoms with Gasteiger partial charge in [0, 0.05) is 25.1 Å². The van der Waals surface area contributed by atoms with E-state index >= 15 is 0 Å². The summed E-state index contributed by atoms with van der Waals surface area (Å²) in [5, 5.41) is 0. The molecule has 8 nitrogen and oxygen atoms in total. The average molecular weight is 468 g/mol. The van der Waals surface area contributed by atoms with Gasteiger partial charge in [-0.1, -0.05) is 0 Å². The second kappa shape index (κ2) is 11.0. The Balaban J connectivity index is 1.35. The quantitative estimate of drug-likeness (QED) is 0.412. The van der Waals surface area contributed by atoms with Crippen LogP contribution in [0.15, 0.2) is 36.4 Å². The highest BCUT2D eigenvalue weighted by atomic mass is 16.5. The van der Waals surface area contributed by atoms with Gasteiger partial charge in [0.25, 0.3) is 5.91 Å². The van der Waals surface area contributed by atoms with Crippen LogP contribution in [-0.4, -0.2) is 62.1 Å². The third-order valence-corrected chi connectivity index (χ3v) is 5.88. The Kier molecular flexibility index (Phi) is 7.67. The zero-order chi connectivity index (χ0) is 23.9. The molecule has 0 bridgehead atoms. The molecule has 2 aromatic carbocycles. The van der Waals surface area contributed by atoms with Crippen molar-refractivity contribution in [1.82, 2.24) is 4.90 Å². The summed E-state index contributed by atoms with van der Waals surface area (Å²) in [6.45, 7) is 3.82. The molecule has 1 amide bonds. The largest absolute Gasteiger partial charge is 0.493 e. The summed E-state index contributed by atoms with van der Waals surface area (Å²) in [6, 6.07) is 9.83. The smallest absolute Gasteiger partial charge is 0.338 e. The number of hydrogen-bond acceptors (Lipinski definition) is 7. The number of ether oxygens (including phenoxy) is 4. The Morgan fingerprint density at radius 3 is 2.50 bits per heavy atom. The summed E-state index contributed by atoms with van der Waals surface area (Å²) in [4.78, 5) is 39.2. The molecule has 0 spiro atoms. The van der Waals surface area contributed by atoms with Crippen molar-refractivity contribution < 1.29 is 33.3 Å². The lowest BCUT2D eigenvalue weighted by molar-refractivity contribution is -0.134. The SMILES string of the molecule is CCOc1cc(C(=O)OCC(=O)c2ccc3c(c2)CCO3)ccc1OCC(=O)N1CCCCC1. The normalized spacial score (nSPS) is 14.7. The fraction of sp³-hybridized carbons (Fsp3) is 0.423. The maximum atomic E-state index is 12.6. The van der Waals surface area contributed by atoms with Crippen LogP contribution in [0, 0.1) is 0 Å². The number of fused-ring (bicyclic) bond motifs is 1. The zero-order valence-electron chi connectivity index (χ0n) is 19.3. The summed E-state index contributed by atoms with van der Waals surface area (Å²) in [5.74, 6) is 0.506. The number of amides is 1. The molecule has 180 valence electrons. The second-order valence-electron chi connectivity index (χ2n) is 8.24. The summed E-state index contributed by atoms with van der Waals surface area (Å²) in [6.07, 6.45) is 3.92. The molecule has 2 aliphatic heterocycles. The fourth-order valence-corrected chi connectivity index (χ4v) is 4.05. The highest BCUT2D eigenvalue weighted by Gasteiger charge is 2.20. The van der Waals surface area contributed by atoms with Crippen molar-refractivity contribution in [3.63, 3.8) is 0 Å². The molecule has 0 aliphatic carbocycles. The van der Waals surface area contributed by atoms with Crippen molar-refractivity contribution in [2.24, 2.45) is 0 Å². The molecule has 2 aliphatic rings. The predicted molar refractivity (Wildman–Crippen MR) is 124 cm³/mol. The van der Waals surface area contributed by atoms with Crippen LogP contribution >= 0.6 is 0 Å². The van der Waals surface area contributed by atoms with Crippen LogP contribution in [0.4, 0.5) is 0 Å². The van der Waals surface area contributed by atoms with E-state index in [1.165, 1.54) is 12.1 Å². The van der Waals surface area contributed by atoms with Crippen molar-refractivity contribution in [3.05, 3.63) is 53.1 Å². The standard InChI is InChI=1S/C26H29NO7/c1-2-31-24-15-20(7-9-23(24)33-17-25(29)27-11-4-3-5-12-27)26(30)34-16-21(28)18-6-8-22-19(14-18)10-13-32-22/h6-9,14-15H,2-5,10-13,16-17H2,1H3. The third kappa shape index (κ3) is 5.68. The zero-order valence-corrected chi connectivity index (χ0v) is 19.3.